The van der Waals surface area contributed by atoms with Crippen molar-refractivity contribution < 1.29 is 18.8 Å². The van der Waals surface area contributed by atoms with Crippen LogP contribution in [0.25, 0.3) is 11.1 Å². The van der Waals surface area contributed by atoms with Crippen molar-refractivity contribution in [1.29, 1.82) is 0 Å². The van der Waals surface area contributed by atoms with Gasteiger partial charge in [0.2, 0.25) is 0 Å². The summed E-state index contributed by atoms with van der Waals surface area (Å²) in [4.78, 5) is 12.7. The highest BCUT2D eigenvalue weighted by Crippen LogP contribution is 2.34. The van der Waals surface area contributed by atoms with Crippen LogP contribution in [-0.2, 0) is 6.42 Å². The molecule has 1 fully saturated rings. The van der Waals surface area contributed by atoms with Crippen LogP contribution in [0.1, 0.15) is 30.4 Å². The number of carboxylic acid groups (broad SMARTS) is 1. The van der Waals surface area contributed by atoms with E-state index in [2.05, 4.69) is 28.8 Å². The predicted octanol–water partition coefficient (Wildman–Crippen LogP) is 6.21. The monoisotopic (exact) mass is 500 g/mol. The average Bonchev–Trinajstić information content (AvgIpc) is 3.42. The van der Waals surface area contributed by atoms with Crippen molar-refractivity contribution >= 4 is 29.1 Å². The van der Waals surface area contributed by atoms with Crippen LogP contribution in [0.4, 0.5) is 20.6 Å². The molecule has 9 heteroatoms. The number of anilines is 2. The Kier molecular flexibility index (Phi) is 7.50. The van der Waals surface area contributed by atoms with Gasteiger partial charge in [0.15, 0.2) is 0 Å². The molecule has 1 saturated heterocycles. The first kappa shape index (κ1) is 24.9. The molecule has 186 valence electrons. The number of amides is 1. The van der Waals surface area contributed by atoms with E-state index in [0.717, 1.165) is 45.9 Å². The van der Waals surface area contributed by atoms with Gasteiger partial charge in [0.05, 0.1) is 22.1 Å². The van der Waals surface area contributed by atoms with Gasteiger partial charge < -0.3 is 25.2 Å². The SMILES string of the molecule is Cc1noc(C)c1-c1ccc(N[C@H]2CCN(C(=O)O)C2)c(NC[C@H](C)Cc2ccc(Cl)c(F)c2)c1. The Labute approximate surface area is 209 Å². The number of nitrogens with one attached hydrogen (secondary N) is 2. The van der Waals surface area contributed by atoms with Crippen molar-refractivity contribution in [2.75, 3.05) is 30.3 Å². The van der Waals surface area contributed by atoms with Crippen LogP contribution in [0.15, 0.2) is 40.9 Å². The lowest BCUT2D eigenvalue weighted by Gasteiger charge is -2.21. The van der Waals surface area contributed by atoms with E-state index < -0.39 is 11.9 Å². The minimum absolute atomic E-state index is 0.0334. The number of aromatic nitrogens is 1. The van der Waals surface area contributed by atoms with Gasteiger partial charge in [0, 0.05) is 31.2 Å². The topological polar surface area (TPSA) is 90.6 Å². The van der Waals surface area contributed by atoms with E-state index >= 15 is 0 Å². The van der Waals surface area contributed by atoms with Crippen LogP contribution in [-0.4, -0.2) is 46.9 Å². The van der Waals surface area contributed by atoms with Crippen LogP contribution < -0.4 is 10.6 Å². The molecule has 35 heavy (non-hydrogen) atoms. The number of aryl methyl sites for hydroxylation is 2. The number of benzene rings is 2. The van der Waals surface area contributed by atoms with Gasteiger partial charge in [-0.1, -0.05) is 35.8 Å². The third-order valence-electron chi connectivity index (χ3n) is 6.37. The maximum atomic E-state index is 13.8. The van der Waals surface area contributed by atoms with Crippen molar-refractivity contribution in [2.24, 2.45) is 5.92 Å². The Morgan fingerprint density at radius 2 is 2.09 bits per heavy atom. The molecule has 1 aliphatic rings. The first-order valence-corrected chi connectivity index (χ1v) is 12.1. The third kappa shape index (κ3) is 5.88. The Balaban J connectivity index is 1.52. The van der Waals surface area contributed by atoms with E-state index in [1.807, 2.05) is 32.0 Å². The number of halogens is 2. The number of hydrogen-bond donors (Lipinski definition) is 3. The van der Waals surface area contributed by atoms with Gasteiger partial charge >= 0.3 is 6.09 Å². The quantitative estimate of drug-likeness (QED) is 0.341. The van der Waals surface area contributed by atoms with E-state index in [0.29, 0.717) is 26.1 Å². The van der Waals surface area contributed by atoms with E-state index in [-0.39, 0.29) is 17.0 Å². The fourth-order valence-electron chi connectivity index (χ4n) is 4.56. The molecule has 3 N–H and O–H groups in total. The summed E-state index contributed by atoms with van der Waals surface area (Å²) >= 11 is 5.81. The summed E-state index contributed by atoms with van der Waals surface area (Å²) in [5.41, 5.74) is 5.47. The highest BCUT2D eigenvalue weighted by atomic mass is 35.5. The van der Waals surface area contributed by atoms with Gasteiger partial charge in [-0.15, -0.1) is 0 Å². The summed E-state index contributed by atoms with van der Waals surface area (Å²) in [6.07, 6.45) is 0.549. The maximum Gasteiger partial charge on any atom is 0.407 e. The van der Waals surface area contributed by atoms with Crippen LogP contribution in [0.2, 0.25) is 5.02 Å². The van der Waals surface area contributed by atoms with E-state index in [4.69, 9.17) is 16.1 Å². The zero-order chi connectivity index (χ0) is 25.1. The number of hydrogen-bond acceptors (Lipinski definition) is 5. The third-order valence-corrected chi connectivity index (χ3v) is 6.68. The minimum Gasteiger partial charge on any atom is -0.465 e. The van der Waals surface area contributed by atoms with Gasteiger partial charge in [-0.05, 0) is 68.0 Å². The van der Waals surface area contributed by atoms with E-state index in [1.54, 1.807) is 6.07 Å². The summed E-state index contributed by atoms with van der Waals surface area (Å²) in [7, 11) is 0. The Hall–Kier alpha value is -3.26. The number of carbonyl (C=O) groups is 1. The van der Waals surface area contributed by atoms with Gasteiger partial charge in [-0.3, -0.25) is 0 Å². The van der Waals surface area contributed by atoms with Crippen LogP contribution >= 0.6 is 11.6 Å². The van der Waals surface area contributed by atoms with Gasteiger partial charge in [0.25, 0.3) is 0 Å². The number of nitrogens with zero attached hydrogens (tertiary/aromatic N) is 2. The van der Waals surface area contributed by atoms with Gasteiger partial charge in [0.1, 0.15) is 11.6 Å². The standard InChI is InChI=1S/C26H30ClFN4O3/c1-15(10-18-4-6-21(27)22(28)11-18)13-29-24-12-19(25-16(2)31-35-17(25)3)5-7-23(24)30-20-8-9-32(14-20)26(33)34/h4-7,11-12,15,20,29-30H,8-10,13-14H2,1-3H3,(H,33,34)/t15-,20+/m1/s1. The molecular formula is C26H30ClFN4O3. The molecule has 2 aromatic carbocycles. The highest BCUT2D eigenvalue weighted by molar-refractivity contribution is 6.30. The molecule has 0 bridgehead atoms. The zero-order valence-corrected chi connectivity index (χ0v) is 20.8. The molecule has 1 amide bonds. The molecule has 0 saturated carbocycles. The molecule has 7 nitrogen and oxygen atoms in total. The lowest BCUT2D eigenvalue weighted by molar-refractivity contribution is 0.155. The molecule has 3 aromatic rings. The lowest BCUT2D eigenvalue weighted by Crippen LogP contribution is -2.30. The zero-order valence-electron chi connectivity index (χ0n) is 20.1. The molecule has 2 atom stereocenters. The lowest BCUT2D eigenvalue weighted by atomic mass is 10.00. The van der Waals surface area contributed by atoms with E-state index in [9.17, 15) is 14.3 Å². The fraction of sp³-hybridized carbons (Fsp3) is 0.385. The second-order valence-corrected chi connectivity index (χ2v) is 9.66. The largest absolute Gasteiger partial charge is 0.465 e. The predicted molar refractivity (Wildman–Crippen MR) is 136 cm³/mol. The Morgan fingerprint density at radius 3 is 2.74 bits per heavy atom. The molecule has 0 radical (unpaired) electrons. The van der Waals surface area contributed by atoms with Crippen LogP contribution in [0.3, 0.4) is 0 Å². The number of rotatable bonds is 8. The van der Waals surface area contributed by atoms with E-state index in [1.165, 1.54) is 11.0 Å². The molecule has 1 aliphatic heterocycles. The molecule has 1 aromatic heterocycles. The second kappa shape index (κ2) is 10.6. The van der Waals surface area contributed by atoms with Crippen molar-refractivity contribution in [3.8, 4) is 11.1 Å². The summed E-state index contributed by atoms with van der Waals surface area (Å²) in [5, 5.41) is 20.5. The maximum absolute atomic E-state index is 13.8. The van der Waals surface area contributed by atoms with Crippen molar-refractivity contribution in [1.82, 2.24) is 10.1 Å². The first-order chi connectivity index (χ1) is 16.7. The van der Waals surface area contributed by atoms with Crippen molar-refractivity contribution in [3.63, 3.8) is 0 Å². The molecule has 2 heterocycles. The summed E-state index contributed by atoms with van der Waals surface area (Å²) in [6, 6.07) is 11.0. The summed E-state index contributed by atoms with van der Waals surface area (Å²) < 4.78 is 19.2. The molecule has 0 unspecified atom stereocenters. The fourth-order valence-corrected chi connectivity index (χ4v) is 4.68. The Bertz CT molecular complexity index is 1200. The van der Waals surface area contributed by atoms with Gasteiger partial charge in [-0.2, -0.15) is 0 Å². The smallest absolute Gasteiger partial charge is 0.407 e. The first-order valence-electron chi connectivity index (χ1n) is 11.7. The normalized spacial score (nSPS) is 16.4. The summed E-state index contributed by atoms with van der Waals surface area (Å²) in [6.45, 7) is 7.53. The molecular weight excluding hydrogens is 471 g/mol. The Morgan fingerprint density at radius 1 is 1.29 bits per heavy atom. The van der Waals surface area contributed by atoms with Gasteiger partial charge in [-0.25, -0.2) is 9.18 Å². The molecule has 4 rings (SSSR count). The van der Waals surface area contributed by atoms with Crippen molar-refractivity contribution in [2.45, 2.75) is 39.7 Å². The molecule has 0 aliphatic carbocycles. The molecule has 0 spiro atoms. The summed E-state index contributed by atoms with van der Waals surface area (Å²) in [5.74, 6) is 0.565. The number of likely N-dealkylation sites (tertiary alicyclic amines) is 1. The second-order valence-electron chi connectivity index (χ2n) is 9.26. The van der Waals surface area contributed by atoms with Crippen LogP contribution in [0.5, 0.6) is 0 Å². The highest BCUT2D eigenvalue weighted by Gasteiger charge is 2.26. The minimum atomic E-state index is -0.895. The average molecular weight is 501 g/mol. The van der Waals surface area contributed by atoms with Crippen LogP contribution in [0, 0.1) is 25.6 Å². The van der Waals surface area contributed by atoms with Crippen molar-refractivity contribution in [3.05, 3.63) is 64.3 Å².